The van der Waals surface area contributed by atoms with Gasteiger partial charge >= 0.3 is 0 Å². The van der Waals surface area contributed by atoms with E-state index in [1.54, 1.807) is 0 Å². The van der Waals surface area contributed by atoms with Gasteiger partial charge in [0.1, 0.15) is 0 Å². The molecule has 136 valence electrons. The van der Waals surface area contributed by atoms with E-state index >= 15 is 0 Å². The van der Waals surface area contributed by atoms with E-state index in [4.69, 9.17) is 10.5 Å². The van der Waals surface area contributed by atoms with Crippen molar-refractivity contribution in [1.82, 2.24) is 14.7 Å². The molecule has 7 nitrogen and oxygen atoms in total. The number of hydrogen-bond acceptors (Lipinski definition) is 5. The van der Waals surface area contributed by atoms with Crippen molar-refractivity contribution in [3.05, 3.63) is 0 Å². The van der Waals surface area contributed by atoms with Crippen molar-refractivity contribution >= 4 is 11.8 Å². The van der Waals surface area contributed by atoms with Crippen molar-refractivity contribution in [2.24, 2.45) is 5.73 Å². The monoisotopic (exact) mass is 338 g/mol. The smallest absolute Gasteiger partial charge is 0.242 e. The Balaban J connectivity index is 1.51. The van der Waals surface area contributed by atoms with E-state index in [-0.39, 0.29) is 17.9 Å². The molecule has 0 aromatic heterocycles. The van der Waals surface area contributed by atoms with E-state index in [0.717, 1.165) is 39.0 Å². The summed E-state index contributed by atoms with van der Waals surface area (Å²) in [4.78, 5) is 31.3. The second-order valence-corrected chi connectivity index (χ2v) is 7.31. The van der Waals surface area contributed by atoms with Gasteiger partial charge in [-0.1, -0.05) is 0 Å². The van der Waals surface area contributed by atoms with Crippen molar-refractivity contribution in [3.63, 3.8) is 0 Å². The summed E-state index contributed by atoms with van der Waals surface area (Å²) in [5.74, 6) is 0.274. The van der Waals surface area contributed by atoms with Crippen molar-refractivity contribution in [1.29, 1.82) is 0 Å². The SMILES string of the molecule is CC(C(=O)N1CCCC1)N1CCN(C(=O)C2(N)CCOCC2)CC1. The van der Waals surface area contributed by atoms with Gasteiger partial charge in [-0.15, -0.1) is 0 Å². The normalized spacial score (nSPS) is 26.4. The first kappa shape index (κ1) is 17.6. The second kappa shape index (κ2) is 7.37. The lowest BCUT2D eigenvalue weighted by atomic mass is 9.89. The van der Waals surface area contributed by atoms with Gasteiger partial charge < -0.3 is 20.3 Å². The largest absolute Gasteiger partial charge is 0.381 e. The van der Waals surface area contributed by atoms with Crippen LogP contribution in [0.25, 0.3) is 0 Å². The Hall–Kier alpha value is -1.18. The molecule has 0 bridgehead atoms. The third-order valence-electron chi connectivity index (χ3n) is 5.74. The predicted octanol–water partition coefficient (Wildman–Crippen LogP) is -0.351. The van der Waals surface area contributed by atoms with Gasteiger partial charge in [0.05, 0.1) is 11.6 Å². The van der Waals surface area contributed by atoms with Crippen LogP contribution in [0.5, 0.6) is 0 Å². The van der Waals surface area contributed by atoms with Crippen LogP contribution in [-0.2, 0) is 14.3 Å². The van der Waals surface area contributed by atoms with Crippen molar-refractivity contribution in [2.45, 2.75) is 44.2 Å². The molecule has 1 atom stereocenters. The Morgan fingerprint density at radius 2 is 1.54 bits per heavy atom. The summed E-state index contributed by atoms with van der Waals surface area (Å²) in [5, 5.41) is 0. The number of carbonyl (C=O) groups is 2. The zero-order valence-electron chi connectivity index (χ0n) is 14.7. The van der Waals surface area contributed by atoms with Gasteiger partial charge in [-0.25, -0.2) is 0 Å². The molecule has 3 fully saturated rings. The van der Waals surface area contributed by atoms with Gasteiger partial charge in [0.15, 0.2) is 0 Å². The lowest BCUT2D eigenvalue weighted by molar-refractivity contribution is -0.144. The number of amides is 2. The summed E-state index contributed by atoms with van der Waals surface area (Å²) in [6.45, 7) is 7.65. The van der Waals surface area contributed by atoms with Crippen molar-refractivity contribution < 1.29 is 14.3 Å². The molecule has 3 aliphatic rings. The zero-order valence-corrected chi connectivity index (χ0v) is 14.7. The first-order valence-corrected chi connectivity index (χ1v) is 9.20. The molecule has 0 aliphatic carbocycles. The lowest BCUT2D eigenvalue weighted by Gasteiger charge is -2.42. The van der Waals surface area contributed by atoms with E-state index in [2.05, 4.69) is 4.90 Å². The molecule has 1 unspecified atom stereocenters. The van der Waals surface area contributed by atoms with Gasteiger partial charge in [-0.3, -0.25) is 14.5 Å². The molecule has 3 aliphatic heterocycles. The Morgan fingerprint density at radius 3 is 2.12 bits per heavy atom. The highest BCUT2D eigenvalue weighted by molar-refractivity contribution is 5.86. The lowest BCUT2D eigenvalue weighted by Crippen LogP contribution is -2.62. The van der Waals surface area contributed by atoms with Gasteiger partial charge in [-0.2, -0.15) is 0 Å². The Kier molecular flexibility index (Phi) is 5.42. The molecule has 3 heterocycles. The average molecular weight is 338 g/mol. The Morgan fingerprint density at radius 1 is 0.958 bits per heavy atom. The van der Waals surface area contributed by atoms with Gasteiger partial charge in [0.25, 0.3) is 0 Å². The van der Waals surface area contributed by atoms with Crippen LogP contribution in [0.4, 0.5) is 0 Å². The molecular weight excluding hydrogens is 308 g/mol. The maximum Gasteiger partial charge on any atom is 0.242 e. The first-order chi connectivity index (χ1) is 11.5. The highest BCUT2D eigenvalue weighted by Crippen LogP contribution is 2.22. The van der Waals surface area contributed by atoms with Crippen LogP contribution < -0.4 is 5.73 Å². The van der Waals surface area contributed by atoms with E-state index in [1.165, 1.54) is 0 Å². The topological polar surface area (TPSA) is 79.1 Å². The standard InChI is InChI=1S/C17H30N4O3/c1-14(15(22)20-6-2-3-7-20)19-8-10-21(11-9-19)16(23)17(18)4-12-24-13-5-17/h14H,2-13,18H2,1H3. The number of nitrogens with two attached hydrogens (primary N) is 1. The molecule has 2 amide bonds. The molecule has 3 saturated heterocycles. The van der Waals surface area contributed by atoms with Gasteiger partial charge in [0, 0.05) is 52.5 Å². The Labute approximate surface area is 144 Å². The van der Waals surface area contributed by atoms with E-state index in [1.807, 2.05) is 16.7 Å². The third kappa shape index (κ3) is 3.58. The number of nitrogens with zero attached hydrogens (tertiary/aromatic N) is 3. The Bertz CT molecular complexity index is 464. The van der Waals surface area contributed by atoms with Crippen LogP contribution >= 0.6 is 0 Å². The highest BCUT2D eigenvalue weighted by Gasteiger charge is 2.40. The van der Waals surface area contributed by atoms with E-state index < -0.39 is 5.54 Å². The number of carbonyl (C=O) groups excluding carboxylic acids is 2. The number of ether oxygens (including phenoxy) is 1. The number of rotatable bonds is 3. The zero-order chi connectivity index (χ0) is 17.2. The predicted molar refractivity (Wildman–Crippen MR) is 90.4 cm³/mol. The molecular formula is C17H30N4O3. The molecule has 7 heteroatoms. The molecule has 0 saturated carbocycles. The quantitative estimate of drug-likeness (QED) is 0.761. The molecule has 0 radical (unpaired) electrons. The maximum absolute atomic E-state index is 12.7. The minimum atomic E-state index is -0.766. The molecule has 3 rings (SSSR count). The third-order valence-corrected chi connectivity index (χ3v) is 5.74. The molecule has 2 N–H and O–H groups in total. The van der Waals surface area contributed by atoms with Crippen LogP contribution in [0.2, 0.25) is 0 Å². The van der Waals surface area contributed by atoms with Crippen molar-refractivity contribution in [2.75, 3.05) is 52.5 Å². The highest BCUT2D eigenvalue weighted by atomic mass is 16.5. The molecule has 0 aromatic carbocycles. The van der Waals surface area contributed by atoms with Crippen LogP contribution in [0, 0.1) is 0 Å². The molecule has 0 aromatic rings. The summed E-state index contributed by atoms with van der Waals surface area (Å²) < 4.78 is 5.32. The van der Waals surface area contributed by atoms with E-state index in [9.17, 15) is 9.59 Å². The molecule has 0 spiro atoms. The summed E-state index contributed by atoms with van der Waals surface area (Å²) in [6, 6.07) is -0.102. The summed E-state index contributed by atoms with van der Waals surface area (Å²) >= 11 is 0. The summed E-state index contributed by atoms with van der Waals surface area (Å²) in [5.41, 5.74) is 5.55. The molecule has 24 heavy (non-hydrogen) atoms. The van der Waals surface area contributed by atoms with Crippen LogP contribution in [0.15, 0.2) is 0 Å². The average Bonchev–Trinajstić information content (AvgIpc) is 3.15. The van der Waals surface area contributed by atoms with Gasteiger partial charge in [-0.05, 0) is 32.6 Å². The second-order valence-electron chi connectivity index (χ2n) is 7.31. The number of likely N-dealkylation sites (tertiary alicyclic amines) is 1. The maximum atomic E-state index is 12.7. The van der Waals surface area contributed by atoms with Crippen LogP contribution in [0.3, 0.4) is 0 Å². The first-order valence-electron chi connectivity index (χ1n) is 9.20. The minimum Gasteiger partial charge on any atom is -0.381 e. The number of hydrogen-bond donors (Lipinski definition) is 1. The number of piperazine rings is 1. The van der Waals surface area contributed by atoms with Gasteiger partial charge in [0.2, 0.25) is 11.8 Å². The fraction of sp³-hybridized carbons (Fsp3) is 0.882. The van der Waals surface area contributed by atoms with Crippen molar-refractivity contribution in [3.8, 4) is 0 Å². The summed E-state index contributed by atoms with van der Waals surface area (Å²) in [7, 11) is 0. The minimum absolute atomic E-state index is 0.0453. The van der Waals surface area contributed by atoms with E-state index in [0.29, 0.717) is 39.1 Å². The fourth-order valence-corrected chi connectivity index (χ4v) is 3.93. The summed E-state index contributed by atoms with van der Waals surface area (Å²) in [6.07, 6.45) is 3.41. The van der Waals surface area contributed by atoms with Crippen LogP contribution in [-0.4, -0.2) is 90.6 Å². The fourth-order valence-electron chi connectivity index (χ4n) is 3.93. The van der Waals surface area contributed by atoms with Crippen LogP contribution in [0.1, 0.15) is 32.6 Å².